The average Bonchev–Trinajstić information content (AvgIpc) is 3.49. The Labute approximate surface area is 190 Å². The molecule has 0 aromatic heterocycles. The standard InChI is InChI=1S/C24H31N3O4S/c1-2-23(18-5-7-20(8-6-18)27-15-3-4-16-27)24(28)31-21-9-11-22(12-10-21)32(29,30)26-19-13-14-25-17-19/h5-12,19,23,25-26H,2-4,13-17H2,1H3. The van der Waals surface area contributed by atoms with E-state index in [0.717, 1.165) is 31.6 Å². The predicted octanol–water partition coefficient (Wildman–Crippen LogP) is 3.03. The van der Waals surface area contributed by atoms with Gasteiger partial charge in [-0.1, -0.05) is 19.1 Å². The SMILES string of the molecule is CCC(C(=O)Oc1ccc(S(=O)(=O)NC2CCNC2)cc1)c1ccc(N2CCCC2)cc1. The van der Waals surface area contributed by atoms with E-state index in [2.05, 4.69) is 27.1 Å². The fourth-order valence-electron chi connectivity index (χ4n) is 4.35. The Bertz CT molecular complexity index is 1010. The summed E-state index contributed by atoms with van der Waals surface area (Å²) in [6, 6.07) is 14.1. The zero-order valence-electron chi connectivity index (χ0n) is 18.4. The summed E-state index contributed by atoms with van der Waals surface area (Å²) < 4.78 is 33.3. The normalized spacial score (nSPS) is 19.8. The summed E-state index contributed by atoms with van der Waals surface area (Å²) in [5.41, 5.74) is 2.11. The lowest BCUT2D eigenvalue weighted by atomic mass is 9.96. The van der Waals surface area contributed by atoms with Crippen molar-refractivity contribution in [3.8, 4) is 5.75 Å². The minimum atomic E-state index is -3.60. The highest BCUT2D eigenvalue weighted by Gasteiger charge is 2.24. The van der Waals surface area contributed by atoms with E-state index >= 15 is 0 Å². The van der Waals surface area contributed by atoms with Gasteiger partial charge in [0, 0.05) is 31.4 Å². The molecule has 172 valence electrons. The Morgan fingerprint density at radius 3 is 2.41 bits per heavy atom. The van der Waals surface area contributed by atoms with Gasteiger partial charge in [0.05, 0.1) is 10.8 Å². The highest BCUT2D eigenvalue weighted by molar-refractivity contribution is 7.89. The van der Waals surface area contributed by atoms with Crippen LogP contribution in [-0.4, -0.2) is 46.6 Å². The maximum Gasteiger partial charge on any atom is 0.318 e. The molecule has 2 N–H and O–H groups in total. The number of carbonyl (C=O) groups is 1. The molecule has 0 radical (unpaired) electrons. The maximum atomic E-state index is 12.8. The second-order valence-electron chi connectivity index (χ2n) is 8.45. The lowest BCUT2D eigenvalue weighted by molar-refractivity contribution is -0.136. The van der Waals surface area contributed by atoms with Gasteiger partial charge in [0.1, 0.15) is 5.75 Å². The van der Waals surface area contributed by atoms with Crippen molar-refractivity contribution in [1.29, 1.82) is 0 Å². The van der Waals surface area contributed by atoms with Crippen LogP contribution in [0.25, 0.3) is 0 Å². The van der Waals surface area contributed by atoms with Crippen molar-refractivity contribution in [2.45, 2.75) is 49.5 Å². The third kappa shape index (κ3) is 5.31. The van der Waals surface area contributed by atoms with Gasteiger partial charge in [0.25, 0.3) is 0 Å². The second-order valence-corrected chi connectivity index (χ2v) is 10.2. The first-order valence-electron chi connectivity index (χ1n) is 11.4. The van der Waals surface area contributed by atoms with Gasteiger partial charge in [0.15, 0.2) is 0 Å². The fraction of sp³-hybridized carbons (Fsp3) is 0.458. The molecule has 2 atom stereocenters. The van der Waals surface area contributed by atoms with Gasteiger partial charge in [-0.15, -0.1) is 0 Å². The van der Waals surface area contributed by atoms with Crippen LogP contribution in [0, 0.1) is 0 Å². The van der Waals surface area contributed by atoms with Crippen molar-refractivity contribution in [2.75, 3.05) is 31.1 Å². The molecule has 2 fully saturated rings. The molecule has 7 nitrogen and oxygen atoms in total. The molecule has 2 aliphatic heterocycles. The predicted molar refractivity (Wildman–Crippen MR) is 125 cm³/mol. The Morgan fingerprint density at radius 2 is 1.81 bits per heavy atom. The van der Waals surface area contributed by atoms with E-state index in [9.17, 15) is 13.2 Å². The number of nitrogens with one attached hydrogen (secondary N) is 2. The van der Waals surface area contributed by atoms with Gasteiger partial charge in [-0.25, -0.2) is 13.1 Å². The number of carbonyl (C=O) groups excluding carboxylic acids is 1. The number of sulfonamides is 1. The summed E-state index contributed by atoms with van der Waals surface area (Å²) in [4.78, 5) is 15.3. The Balaban J connectivity index is 1.39. The maximum absolute atomic E-state index is 12.8. The summed E-state index contributed by atoms with van der Waals surface area (Å²) in [5, 5.41) is 3.14. The topological polar surface area (TPSA) is 87.7 Å². The monoisotopic (exact) mass is 457 g/mol. The van der Waals surface area contributed by atoms with E-state index in [1.165, 1.54) is 42.8 Å². The first kappa shape index (κ1) is 22.8. The van der Waals surface area contributed by atoms with Crippen LogP contribution in [0.2, 0.25) is 0 Å². The van der Waals surface area contributed by atoms with E-state index in [-0.39, 0.29) is 22.8 Å². The molecule has 32 heavy (non-hydrogen) atoms. The summed E-state index contributed by atoms with van der Waals surface area (Å²) in [5.74, 6) is -0.377. The zero-order chi connectivity index (χ0) is 22.6. The molecule has 2 aliphatic rings. The summed E-state index contributed by atoms with van der Waals surface area (Å²) in [6.07, 6.45) is 3.83. The van der Waals surface area contributed by atoms with Crippen LogP contribution in [0.4, 0.5) is 5.69 Å². The molecule has 8 heteroatoms. The fourth-order valence-corrected chi connectivity index (χ4v) is 5.62. The number of hydrogen-bond acceptors (Lipinski definition) is 6. The number of benzene rings is 2. The van der Waals surface area contributed by atoms with Crippen molar-refractivity contribution in [1.82, 2.24) is 10.0 Å². The summed E-state index contributed by atoms with van der Waals surface area (Å²) in [6.45, 7) is 5.56. The molecule has 4 rings (SSSR count). The Kier molecular flexibility index (Phi) is 7.13. The molecule has 2 saturated heterocycles. The minimum Gasteiger partial charge on any atom is -0.426 e. The van der Waals surface area contributed by atoms with Gasteiger partial charge in [-0.3, -0.25) is 4.79 Å². The van der Waals surface area contributed by atoms with E-state index < -0.39 is 10.0 Å². The van der Waals surface area contributed by atoms with Gasteiger partial charge in [-0.2, -0.15) is 0 Å². The number of ether oxygens (including phenoxy) is 1. The quantitative estimate of drug-likeness (QED) is 0.468. The number of hydrogen-bond donors (Lipinski definition) is 2. The van der Waals surface area contributed by atoms with Gasteiger partial charge in [-0.05, 0) is 74.2 Å². The molecule has 0 spiro atoms. The van der Waals surface area contributed by atoms with Gasteiger partial charge in [0.2, 0.25) is 10.0 Å². The van der Waals surface area contributed by atoms with Crippen molar-refractivity contribution in [3.05, 3.63) is 54.1 Å². The minimum absolute atomic E-state index is 0.0975. The molecule has 2 aromatic carbocycles. The summed E-state index contributed by atoms with van der Waals surface area (Å²) in [7, 11) is -3.60. The highest BCUT2D eigenvalue weighted by atomic mass is 32.2. The zero-order valence-corrected chi connectivity index (χ0v) is 19.2. The molecular weight excluding hydrogens is 426 g/mol. The van der Waals surface area contributed by atoms with E-state index in [1.54, 1.807) is 0 Å². The highest BCUT2D eigenvalue weighted by Crippen LogP contribution is 2.27. The molecule has 2 unspecified atom stereocenters. The molecular formula is C24H31N3O4S. The number of esters is 1. The van der Waals surface area contributed by atoms with Crippen LogP contribution in [-0.2, 0) is 14.8 Å². The van der Waals surface area contributed by atoms with Crippen molar-refractivity contribution < 1.29 is 17.9 Å². The smallest absolute Gasteiger partial charge is 0.318 e. The first-order valence-corrected chi connectivity index (χ1v) is 12.8. The van der Waals surface area contributed by atoms with Crippen LogP contribution < -0.4 is 19.7 Å². The van der Waals surface area contributed by atoms with Gasteiger partial charge >= 0.3 is 5.97 Å². The third-order valence-electron chi connectivity index (χ3n) is 6.19. The van der Waals surface area contributed by atoms with Crippen LogP contribution in [0.3, 0.4) is 0 Å². The lowest BCUT2D eigenvalue weighted by Crippen LogP contribution is -2.36. The first-order chi connectivity index (χ1) is 15.5. The van der Waals surface area contributed by atoms with Crippen molar-refractivity contribution in [2.24, 2.45) is 0 Å². The van der Waals surface area contributed by atoms with Gasteiger partial charge < -0.3 is 15.0 Å². The van der Waals surface area contributed by atoms with Crippen LogP contribution in [0.1, 0.15) is 44.1 Å². The lowest BCUT2D eigenvalue weighted by Gasteiger charge is -2.19. The molecule has 2 heterocycles. The van der Waals surface area contributed by atoms with Crippen molar-refractivity contribution in [3.63, 3.8) is 0 Å². The number of nitrogens with zero attached hydrogens (tertiary/aromatic N) is 1. The van der Waals surface area contributed by atoms with Crippen molar-refractivity contribution >= 4 is 21.7 Å². The summed E-state index contributed by atoms with van der Waals surface area (Å²) >= 11 is 0. The molecule has 0 aliphatic carbocycles. The molecule has 2 aromatic rings. The van der Waals surface area contributed by atoms with Crippen LogP contribution in [0.5, 0.6) is 5.75 Å². The molecule has 0 saturated carbocycles. The number of anilines is 1. The third-order valence-corrected chi connectivity index (χ3v) is 7.73. The van der Waals surface area contributed by atoms with E-state index in [0.29, 0.717) is 18.7 Å². The largest absolute Gasteiger partial charge is 0.426 e. The molecule has 0 amide bonds. The Morgan fingerprint density at radius 1 is 1.12 bits per heavy atom. The average molecular weight is 458 g/mol. The number of rotatable bonds is 8. The Hall–Kier alpha value is -2.42. The molecule has 0 bridgehead atoms. The second kappa shape index (κ2) is 10.0. The van der Waals surface area contributed by atoms with Crippen LogP contribution in [0.15, 0.2) is 53.4 Å². The van der Waals surface area contributed by atoms with E-state index in [4.69, 9.17) is 4.74 Å². The van der Waals surface area contributed by atoms with Crippen LogP contribution >= 0.6 is 0 Å². The van der Waals surface area contributed by atoms with E-state index in [1.807, 2.05) is 19.1 Å².